The van der Waals surface area contributed by atoms with Gasteiger partial charge in [0.2, 0.25) is 0 Å². The average molecular weight is 268 g/mol. The zero-order valence-electron chi connectivity index (χ0n) is 11.4. The lowest BCUT2D eigenvalue weighted by atomic mass is 10.2. The second-order valence-corrected chi connectivity index (χ2v) is 10.8. The molecule has 17 heavy (non-hydrogen) atoms. The molecule has 0 aliphatic carbocycles. The Kier molecular flexibility index (Phi) is 6.31. The molecule has 1 nitrogen and oxygen atoms in total. The van der Waals surface area contributed by atoms with Gasteiger partial charge in [-0.2, -0.15) is 0 Å². The highest BCUT2D eigenvalue weighted by atomic mass is 32.2. The molecular weight excluding hydrogens is 244 g/mol. The van der Waals surface area contributed by atoms with Crippen molar-refractivity contribution in [3.05, 3.63) is 30.3 Å². The minimum atomic E-state index is -1.41. The molecule has 1 atom stereocenters. The zero-order chi connectivity index (χ0) is 12.7. The SMILES string of the molecule is CCCC(CSc1ccccc1)O[Si](C)(C)C. The normalized spacial score (nSPS) is 13.6. The molecule has 0 saturated heterocycles. The molecular formula is C14H24OSSi. The first kappa shape index (κ1) is 14.8. The predicted octanol–water partition coefficient (Wildman–Crippen LogP) is 4.80. The van der Waals surface area contributed by atoms with Gasteiger partial charge in [-0.3, -0.25) is 0 Å². The molecule has 1 aromatic rings. The molecule has 0 saturated carbocycles. The van der Waals surface area contributed by atoms with Crippen molar-refractivity contribution in [1.29, 1.82) is 0 Å². The van der Waals surface area contributed by atoms with E-state index in [0.29, 0.717) is 6.10 Å². The maximum atomic E-state index is 6.22. The third-order valence-electron chi connectivity index (χ3n) is 2.31. The molecule has 0 bridgehead atoms. The van der Waals surface area contributed by atoms with E-state index < -0.39 is 8.32 Å². The standard InChI is InChI=1S/C14H24OSSi/c1-5-9-13(15-17(2,3)4)12-16-14-10-7-6-8-11-14/h6-8,10-11,13H,5,9,12H2,1-4H3. The van der Waals surface area contributed by atoms with Crippen molar-refractivity contribution in [2.75, 3.05) is 5.75 Å². The van der Waals surface area contributed by atoms with Crippen molar-refractivity contribution >= 4 is 20.1 Å². The quantitative estimate of drug-likeness (QED) is 0.519. The summed E-state index contributed by atoms with van der Waals surface area (Å²) >= 11 is 1.91. The molecule has 1 unspecified atom stereocenters. The summed E-state index contributed by atoms with van der Waals surface area (Å²) < 4.78 is 6.22. The van der Waals surface area contributed by atoms with Crippen LogP contribution in [0, 0.1) is 0 Å². The topological polar surface area (TPSA) is 9.23 Å². The maximum absolute atomic E-state index is 6.22. The predicted molar refractivity (Wildman–Crippen MR) is 80.3 cm³/mol. The van der Waals surface area contributed by atoms with Gasteiger partial charge in [-0.05, 0) is 38.2 Å². The van der Waals surface area contributed by atoms with Gasteiger partial charge in [0.25, 0.3) is 0 Å². The molecule has 0 N–H and O–H groups in total. The van der Waals surface area contributed by atoms with Crippen LogP contribution in [-0.2, 0) is 4.43 Å². The van der Waals surface area contributed by atoms with Crippen molar-refractivity contribution in [2.45, 2.75) is 50.4 Å². The molecule has 0 radical (unpaired) electrons. The Bertz CT molecular complexity index is 308. The highest BCUT2D eigenvalue weighted by molar-refractivity contribution is 7.99. The largest absolute Gasteiger partial charge is 0.414 e. The van der Waals surface area contributed by atoms with Crippen molar-refractivity contribution in [1.82, 2.24) is 0 Å². The summed E-state index contributed by atoms with van der Waals surface area (Å²) in [6.07, 6.45) is 2.78. The Balaban J connectivity index is 2.44. The number of benzene rings is 1. The summed E-state index contributed by atoms with van der Waals surface area (Å²) in [4.78, 5) is 1.34. The van der Waals surface area contributed by atoms with E-state index in [2.05, 4.69) is 56.9 Å². The lowest BCUT2D eigenvalue weighted by molar-refractivity contribution is 0.207. The van der Waals surface area contributed by atoms with Gasteiger partial charge in [0.1, 0.15) is 0 Å². The van der Waals surface area contributed by atoms with E-state index in [0.717, 1.165) is 5.75 Å². The first-order chi connectivity index (χ1) is 8.01. The second kappa shape index (κ2) is 7.24. The van der Waals surface area contributed by atoms with Crippen LogP contribution in [0.5, 0.6) is 0 Å². The number of hydrogen-bond donors (Lipinski definition) is 0. The van der Waals surface area contributed by atoms with E-state index in [-0.39, 0.29) is 0 Å². The van der Waals surface area contributed by atoms with Gasteiger partial charge in [-0.15, -0.1) is 11.8 Å². The van der Waals surface area contributed by atoms with Crippen LogP contribution in [-0.4, -0.2) is 20.2 Å². The molecule has 0 aliphatic heterocycles. The number of hydrogen-bond acceptors (Lipinski definition) is 2. The Morgan fingerprint density at radius 1 is 1.18 bits per heavy atom. The number of rotatable bonds is 7. The van der Waals surface area contributed by atoms with Crippen LogP contribution in [0.3, 0.4) is 0 Å². The monoisotopic (exact) mass is 268 g/mol. The Hall–Kier alpha value is -0.253. The first-order valence-electron chi connectivity index (χ1n) is 6.37. The fourth-order valence-corrected chi connectivity index (χ4v) is 3.99. The van der Waals surface area contributed by atoms with E-state index in [9.17, 15) is 0 Å². The molecule has 96 valence electrons. The summed E-state index contributed by atoms with van der Waals surface area (Å²) in [7, 11) is -1.41. The minimum absolute atomic E-state index is 0.414. The Labute approximate surface area is 111 Å². The molecule has 3 heteroatoms. The van der Waals surface area contributed by atoms with Crippen LogP contribution in [0.1, 0.15) is 19.8 Å². The minimum Gasteiger partial charge on any atom is -0.414 e. The van der Waals surface area contributed by atoms with E-state index in [1.807, 2.05) is 11.8 Å². The van der Waals surface area contributed by atoms with Crippen molar-refractivity contribution in [3.63, 3.8) is 0 Å². The van der Waals surface area contributed by atoms with Crippen molar-refractivity contribution in [3.8, 4) is 0 Å². The van der Waals surface area contributed by atoms with Gasteiger partial charge in [0.15, 0.2) is 8.32 Å². The molecule has 0 amide bonds. The summed E-state index contributed by atoms with van der Waals surface area (Å²) in [5, 5.41) is 0. The number of thioether (sulfide) groups is 1. The van der Waals surface area contributed by atoms with E-state index >= 15 is 0 Å². The third-order valence-corrected chi connectivity index (χ3v) is 4.49. The van der Waals surface area contributed by atoms with Gasteiger partial charge in [-0.1, -0.05) is 31.5 Å². The fourth-order valence-electron chi connectivity index (χ4n) is 1.70. The molecule has 0 spiro atoms. The molecule has 0 aromatic heterocycles. The molecule has 1 rings (SSSR count). The van der Waals surface area contributed by atoms with E-state index in [4.69, 9.17) is 4.43 Å². The van der Waals surface area contributed by atoms with Crippen LogP contribution < -0.4 is 0 Å². The summed E-state index contributed by atoms with van der Waals surface area (Å²) in [5.41, 5.74) is 0. The summed E-state index contributed by atoms with van der Waals surface area (Å²) in [6.45, 7) is 9.03. The van der Waals surface area contributed by atoms with E-state index in [1.165, 1.54) is 17.7 Å². The second-order valence-electron chi connectivity index (χ2n) is 5.26. The highest BCUT2D eigenvalue weighted by Crippen LogP contribution is 2.22. The smallest absolute Gasteiger partial charge is 0.184 e. The lowest BCUT2D eigenvalue weighted by Crippen LogP contribution is -2.33. The molecule has 0 aliphatic rings. The first-order valence-corrected chi connectivity index (χ1v) is 10.8. The van der Waals surface area contributed by atoms with Gasteiger partial charge in [0.05, 0.1) is 6.10 Å². The van der Waals surface area contributed by atoms with Gasteiger partial charge < -0.3 is 4.43 Å². The van der Waals surface area contributed by atoms with Gasteiger partial charge >= 0.3 is 0 Å². The van der Waals surface area contributed by atoms with Crippen molar-refractivity contribution in [2.24, 2.45) is 0 Å². The van der Waals surface area contributed by atoms with Gasteiger partial charge in [-0.25, -0.2) is 0 Å². The lowest BCUT2D eigenvalue weighted by Gasteiger charge is -2.26. The van der Waals surface area contributed by atoms with Crippen LogP contribution >= 0.6 is 11.8 Å². The Morgan fingerprint density at radius 3 is 2.35 bits per heavy atom. The zero-order valence-corrected chi connectivity index (χ0v) is 13.2. The van der Waals surface area contributed by atoms with Crippen LogP contribution in [0.2, 0.25) is 19.6 Å². The van der Waals surface area contributed by atoms with Crippen LogP contribution in [0.4, 0.5) is 0 Å². The Morgan fingerprint density at radius 2 is 1.82 bits per heavy atom. The third kappa shape index (κ3) is 6.91. The summed E-state index contributed by atoms with van der Waals surface area (Å²) in [5.74, 6) is 1.07. The van der Waals surface area contributed by atoms with Crippen LogP contribution in [0.25, 0.3) is 0 Å². The fraction of sp³-hybridized carbons (Fsp3) is 0.571. The maximum Gasteiger partial charge on any atom is 0.184 e. The van der Waals surface area contributed by atoms with Gasteiger partial charge in [0, 0.05) is 10.6 Å². The molecule has 0 heterocycles. The van der Waals surface area contributed by atoms with E-state index in [1.54, 1.807) is 0 Å². The van der Waals surface area contributed by atoms with Crippen molar-refractivity contribution < 1.29 is 4.43 Å². The average Bonchev–Trinajstić information content (AvgIpc) is 2.26. The van der Waals surface area contributed by atoms with Crippen LogP contribution in [0.15, 0.2) is 35.2 Å². The molecule has 1 aromatic carbocycles. The molecule has 0 fully saturated rings. The highest BCUT2D eigenvalue weighted by Gasteiger charge is 2.20. The summed E-state index contributed by atoms with van der Waals surface area (Å²) in [6, 6.07) is 10.6.